The lowest BCUT2D eigenvalue weighted by molar-refractivity contribution is 0.719. The summed E-state index contributed by atoms with van der Waals surface area (Å²) in [6.45, 7) is 0. The molecule has 0 fully saturated rings. The highest BCUT2D eigenvalue weighted by Crippen LogP contribution is 2.34. The second-order valence-electron chi connectivity index (χ2n) is 4.22. The zero-order chi connectivity index (χ0) is 11.1. The average Bonchev–Trinajstić information content (AvgIpc) is 2.83. The molecule has 0 bridgehead atoms. The zero-order valence-corrected chi connectivity index (χ0v) is 11.0. The molecule has 1 aliphatic carbocycles. The fourth-order valence-electron chi connectivity index (χ4n) is 2.37. The smallest absolute Gasteiger partial charge is 0.174 e. The lowest BCUT2D eigenvalue weighted by atomic mass is 10.0. The van der Waals surface area contributed by atoms with Gasteiger partial charge in [-0.15, -0.1) is 0 Å². The number of benzene rings is 1. The number of aromatic amines is 2. The zero-order valence-electron chi connectivity index (χ0n) is 8.59. The van der Waals surface area contributed by atoms with Crippen LogP contribution in [0.2, 0.25) is 0 Å². The SMILES string of the molecule is S=c1[nH]cc(C2Cc3ccc(Br)cc3C2)[nH]1. The molecule has 1 atom stereocenters. The van der Waals surface area contributed by atoms with E-state index in [1.165, 1.54) is 16.8 Å². The van der Waals surface area contributed by atoms with Crippen molar-refractivity contribution in [3.8, 4) is 0 Å². The van der Waals surface area contributed by atoms with Crippen LogP contribution in [-0.4, -0.2) is 9.97 Å². The molecule has 82 valence electrons. The van der Waals surface area contributed by atoms with Crippen LogP contribution in [0, 0.1) is 4.77 Å². The van der Waals surface area contributed by atoms with Gasteiger partial charge in [0.15, 0.2) is 4.77 Å². The first-order valence-electron chi connectivity index (χ1n) is 5.27. The Hall–Kier alpha value is -0.870. The van der Waals surface area contributed by atoms with E-state index in [9.17, 15) is 0 Å². The highest BCUT2D eigenvalue weighted by molar-refractivity contribution is 9.10. The Labute approximate surface area is 107 Å². The van der Waals surface area contributed by atoms with Crippen molar-refractivity contribution in [2.75, 3.05) is 0 Å². The third-order valence-electron chi connectivity index (χ3n) is 3.16. The summed E-state index contributed by atoms with van der Waals surface area (Å²) in [4.78, 5) is 6.25. The molecule has 1 aliphatic rings. The van der Waals surface area contributed by atoms with Gasteiger partial charge in [-0.3, -0.25) is 0 Å². The summed E-state index contributed by atoms with van der Waals surface area (Å²) in [5.41, 5.74) is 4.12. The lowest BCUT2D eigenvalue weighted by Gasteiger charge is -2.04. The average molecular weight is 295 g/mol. The van der Waals surface area contributed by atoms with E-state index in [1.54, 1.807) is 0 Å². The molecule has 2 N–H and O–H groups in total. The lowest BCUT2D eigenvalue weighted by Crippen LogP contribution is -1.97. The normalized spacial score (nSPS) is 18.7. The highest BCUT2D eigenvalue weighted by atomic mass is 79.9. The van der Waals surface area contributed by atoms with Gasteiger partial charge in [0.1, 0.15) is 0 Å². The monoisotopic (exact) mass is 294 g/mol. The summed E-state index contributed by atoms with van der Waals surface area (Å²) in [6.07, 6.45) is 4.19. The van der Waals surface area contributed by atoms with Gasteiger partial charge in [-0.05, 0) is 48.3 Å². The van der Waals surface area contributed by atoms with E-state index in [-0.39, 0.29) is 0 Å². The maximum absolute atomic E-state index is 5.06. The molecule has 1 heterocycles. The van der Waals surface area contributed by atoms with E-state index in [4.69, 9.17) is 12.2 Å². The standard InChI is InChI=1S/C12H11BrN2S/c13-10-2-1-7-3-9(4-8(7)5-10)11-6-14-12(16)15-11/h1-2,5-6,9H,3-4H2,(H2,14,15,16). The maximum Gasteiger partial charge on any atom is 0.174 e. The number of rotatable bonds is 1. The first-order valence-corrected chi connectivity index (χ1v) is 6.47. The minimum atomic E-state index is 0.539. The van der Waals surface area contributed by atoms with E-state index in [0.29, 0.717) is 10.7 Å². The Morgan fingerprint density at radius 2 is 2.06 bits per heavy atom. The van der Waals surface area contributed by atoms with Crippen molar-refractivity contribution >= 4 is 28.1 Å². The quantitative estimate of drug-likeness (QED) is 0.772. The summed E-state index contributed by atoms with van der Waals surface area (Å²) >= 11 is 8.57. The molecule has 0 amide bonds. The number of H-pyrrole nitrogens is 2. The predicted octanol–water partition coefficient (Wildman–Crippen LogP) is 3.72. The molecule has 1 aromatic heterocycles. The molecule has 0 radical (unpaired) electrons. The van der Waals surface area contributed by atoms with Crippen molar-refractivity contribution < 1.29 is 0 Å². The van der Waals surface area contributed by atoms with Crippen molar-refractivity contribution in [1.82, 2.24) is 9.97 Å². The Morgan fingerprint density at radius 3 is 2.81 bits per heavy atom. The summed E-state index contributed by atoms with van der Waals surface area (Å²) in [5.74, 6) is 0.539. The van der Waals surface area contributed by atoms with Crippen molar-refractivity contribution in [3.05, 3.63) is 50.5 Å². The van der Waals surface area contributed by atoms with Crippen LogP contribution in [-0.2, 0) is 12.8 Å². The van der Waals surface area contributed by atoms with Gasteiger partial charge >= 0.3 is 0 Å². The Balaban J connectivity index is 1.93. The first-order chi connectivity index (χ1) is 7.72. The van der Waals surface area contributed by atoms with E-state index in [0.717, 1.165) is 17.3 Å². The van der Waals surface area contributed by atoms with Crippen LogP contribution in [0.3, 0.4) is 0 Å². The van der Waals surface area contributed by atoms with Crippen molar-refractivity contribution in [2.24, 2.45) is 0 Å². The molecule has 2 nitrogen and oxygen atoms in total. The maximum atomic E-state index is 5.06. The van der Waals surface area contributed by atoms with Crippen LogP contribution in [0.25, 0.3) is 0 Å². The van der Waals surface area contributed by atoms with Gasteiger partial charge in [-0.2, -0.15) is 0 Å². The second-order valence-corrected chi connectivity index (χ2v) is 5.54. The van der Waals surface area contributed by atoms with Crippen LogP contribution in [0.1, 0.15) is 22.7 Å². The molecular weight excluding hydrogens is 284 g/mol. The summed E-state index contributed by atoms with van der Waals surface area (Å²) in [5, 5.41) is 0. The van der Waals surface area contributed by atoms with Gasteiger partial charge in [0.25, 0.3) is 0 Å². The molecule has 3 rings (SSSR count). The fourth-order valence-corrected chi connectivity index (χ4v) is 2.96. The second kappa shape index (κ2) is 3.86. The molecule has 0 aliphatic heterocycles. The first kappa shape index (κ1) is 10.3. The highest BCUT2D eigenvalue weighted by Gasteiger charge is 2.23. The number of nitrogens with one attached hydrogen (secondary N) is 2. The van der Waals surface area contributed by atoms with Crippen molar-refractivity contribution in [3.63, 3.8) is 0 Å². The van der Waals surface area contributed by atoms with Gasteiger partial charge in [0.2, 0.25) is 0 Å². The van der Waals surface area contributed by atoms with Crippen LogP contribution < -0.4 is 0 Å². The van der Waals surface area contributed by atoms with Crippen LogP contribution in [0.4, 0.5) is 0 Å². The van der Waals surface area contributed by atoms with E-state index < -0.39 is 0 Å². The number of imidazole rings is 1. The van der Waals surface area contributed by atoms with Crippen LogP contribution in [0.15, 0.2) is 28.9 Å². The molecule has 16 heavy (non-hydrogen) atoms. The van der Waals surface area contributed by atoms with E-state index in [1.807, 2.05) is 6.20 Å². The Morgan fingerprint density at radius 1 is 1.25 bits per heavy atom. The van der Waals surface area contributed by atoms with E-state index >= 15 is 0 Å². The van der Waals surface area contributed by atoms with Crippen LogP contribution in [0.5, 0.6) is 0 Å². The topological polar surface area (TPSA) is 31.6 Å². The van der Waals surface area contributed by atoms with Crippen LogP contribution >= 0.6 is 28.1 Å². The molecule has 4 heteroatoms. The van der Waals surface area contributed by atoms with Gasteiger partial charge in [0.05, 0.1) is 0 Å². The third-order valence-corrected chi connectivity index (χ3v) is 3.87. The minimum absolute atomic E-state index is 0.539. The molecular formula is C12H11BrN2S. The number of hydrogen-bond acceptors (Lipinski definition) is 1. The minimum Gasteiger partial charge on any atom is -0.337 e. The molecule has 0 spiro atoms. The predicted molar refractivity (Wildman–Crippen MR) is 70.3 cm³/mol. The van der Waals surface area contributed by atoms with Gasteiger partial charge < -0.3 is 9.97 Å². The number of halogens is 1. The summed E-state index contributed by atoms with van der Waals surface area (Å²) in [6, 6.07) is 6.54. The summed E-state index contributed by atoms with van der Waals surface area (Å²) < 4.78 is 1.88. The number of fused-ring (bicyclic) bond motifs is 1. The van der Waals surface area contributed by atoms with Crippen molar-refractivity contribution in [1.29, 1.82) is 0 Å². The number of aromatic nitrogens is 2. The van der Waals surface area contributed by atoms with Gasteiger partial charge in [0, 0.05) is 22.3 Å². The Kier molecular flexibility index (Phi) is 2.48. The fraction of sp³-hybridized carbons (Fsp3) is 0.250. The Bertz CT molecular complexity index is 585. The molecule has 1 unspecified atom stereocenters. The summed E-state index contributed by atoms with van der Waals surface area (Å²) in [7, 11) is 0. The largest absolute Gasteiger partial charge is 0.337 e. The van der Waals surface area contributed by atoms with Crippen molar-refractivity contribution in [2.45, 2.75) is 18.8 Å². The molecule has 0 saturated carbocycles. The molecule has 0 saturated heterocycles. The van der Waals surface area contributed by atoms with E-state index in [2.05, 4.69) is 44.1 Å². The van der Waals surface area contributed by atoms with Gasteiger partial charge in [-0.1, -0.05) is 22.0 Å². The molecule has 1 aromatic carbocycles. The van der Waals surface area contributed by atoms with Gasteiger partial charge in [-0.25, -0.2) is 0 Å². The number of hydrogen-bond donors (Lipinski definition) is 2. The molecule has 2 aromatic rings. The third kappa shape index (κ3) is 1.76.